The highest BCUT2D eigenvalue weighted by molar-refractivity contribution is 5.83. The fourth-order valence-corrected chi connectivity index (χ4v) is 3.44. The van der Waals surface area contributed by atoms with Crippen molar-refractivity contribution in [2.45, 2.75) is 20.0 Å². The Labute approximate surface area is 186 Å². The normalized spacial score (nSPS) is 10.2. The van der Waals surface area contributed by atoms with E-state index in [9.17, 15) is 10.5 Å². The maximum atomic E-state index is 9.98. The molecule has 4 aromatic rings. The van der Waals surface area contributed by atoms with E-state index in [0.717, 1.165) is 11.1 Å². The number of nitriles is 2. The van der Waals surface area contributed by atoms with Crippen LogP contribution in [0, 0.1) is 29.6 Å². The van der Waals surface area contributed by atoms with E-state index in [1.165, 1.54) is 0 Å². The molecular weight excluding hydrogens is 398 g/mol. The average Bonchev–Trinajstić information content (AvgIpc) is 3.27. The number of benzene rings is 2. The van der Waals surface area contributed by atoms with Gasteiger partial charge >= 0.3 is 0 Å². The van der Waals surface area contributed by atoms with E-state index in [2.05, 4.69) is 27.8 Å². The highest BCUT2D eigenvalue weighted by Crippen LogP contribution is 2.36. The molecule has 0 saturated carbocycles. The second kappa shape index (κ2) is 9.51. The summed E-state index contributed by atoms with van der Waals surface area (Å²) in [5.74, 6) is 1.95. The summed E-state index contributed by atoms with van der Waals surface area (Å²) in [6, 6.07) is 27.7. The Kier molecular flexibility index (Phi) is 6.15. The SMILES string of the molecule is Cc1ccc(-c2c(C#N)c(NCc3ccccc3)nc(NCc3ccccc3)c2C#N)o1. The van der Waals surface area contributed by atoms with Crippen molar-refractivity contribution in [1.82, 2.24) is 4.98 Å². The van der Waals surface area contributed by atoms with Crippen LogP contribution < -0.4 is 10.6 Å². The number of hydrogen-bond acceptors (Lipinski definition) is 6. The van der Waals surface area contributed by atoms with E-state index < -0.39 is 0 Å². The van der Waals surface area contributed by atoms with Crippen molar-refractivity contribution in [3.8, 4) is 23.5 Å². The van der Waals surface area contributed by atoms with Gasteiger partial charge in [0.15, 0.2) is 0 Å². The van der Waals surface area contributed by atoms with E-state index in [1.807, 2.05) is 73.7 Å². The molecule has 0 spiro atoms. The molecule has 6 heteroatoms. The summed E-state index contributed by atoms with van der Waals surface area (Å²) in [7, 11) is 0. The molecule has 6 nitrogen and oxygen atoms in total. The van der Waals surface area contributed by atoms with Gasteiger partial charge in [-0.1, -0.05) is 60.7 Å². The van der Waals surface area contributed by atoms with Crippen LogP contribution in [0.25, 0.3) is 11.3 Å². The molecule has 0 aliphatic carbocycles. The number of aromatic nitrogens is 1. The zero-order valence-corrected chi connectivity index (χ0v) is 17.6. The Morgan fingerprint density at radius 3 is 1.66 bits per heavy atom. The fraction of sp³-hybridized carbons (Fsp3) is 0.115. The molecule has 0 fully saturated rings. The van der Waals surface area contributed by atoms with Gasteiger partial charge in [-0.3, -0.25) is 0 Å². The number of furan rings is 1. The lowest BCUT2D eigenvalue weighted by Crippen LogP contribution is -2.11. The fourth-order valence-electron chi connectivity index (χ4n) is 3.44. The third-order valence-corrected chi connectivity index (χ3v) is 5.01. The van der Waals surface area contributed by atoms with Gasteiger partial charge in [-0.2, -0.15) is 10.5 Å². The molecule has 32 heavy (non-hydrogen) atoms. The maximum absolute atomic E-state index is 9.98. The van der Waals surface area contributed by atoms with Crippen LogP contribution >= 0.6 is 0 Å². The molecule has 2 heterocycles. The summed E-state index contributed by atoms with van der Waals surface area (Å²) >= 11 is 0. The molecule has 2 N–H and O–H groups in total. The van der Waals surface area contributed by atoms with Crippen LogP contribution in [0.1, 0.15) is 28.0 Å². The Morgan fingerprint density at radius 2 is 1.25 bits per heavy atom. The van der Waals surface area contributed by atoms with Crippen LogP contribution in [0.5, 0.6) is 0 Å². The molecule has 0 unspecified atom stereocenters. The van der Waals surface area contributed by atoms with Crippen molar-refractivity contribution in [3.05, 3.63) is 101 Å². The molecule has 2 aromatic carbocycles. The lowest BCUT2D eigenvalue weighted by Gasteiger charge is -2.16. The van der Waals surface area contributed by atoms with Gasteiger partial charge in [-0.15, -0.1) is 0 Å². The predicted octanol–water partition coefficient (Wildman–Crippen LogP) is 5.62. The van der Waals surface area contributed by atoms with Crippen LogP contribution in [0.15, 0.2) is 77.2 Å². The Morgan fingerprint density at radius 1 is 0.750 bits per heavy atom. The molecule has 0 aliphatic heterocycles. The number of aryl methyl sites for hydroxylation is 1. The van der Waals surface area contributed by atoms with E-state index >= 15 is 0 Å². The summed E-state index contributed by atoms with van der Waals surface area (Å²) in [5, 5.41) is 26.5. The number of pyridine rings is 1. The first-order chi connectivity index (χ1) is 15.7. The molecule has 0 aliphatic rings. The van der Waals surface area contributed by atoms with Crippen LogP contribution in [-0.2, 0) is 13.1 Å². The first kappa shape index (κ1) is 20.7. The maximum Gasteiger partial charge on any atom is 0.147 e. The second-order valence-corrected chi connectivity index (χ2v) is 7.25. The lowest BCUT2D eigenvalue weighted by atomic mass is 10.0. The quantitative estimate of drug-likeness (QED) is 0.404. The average molecular weight is 419 g/mol. The minimum absolute atomic E-state index is 0.275. The van der Waals surface area contributed by atoms with Crippen LogP contribution in [0.3, 0.4) is 0 Å². The van der Waals surface area contributed by atoms with Crippen molar-refractivity contribution in [3.63, 3.8) is 0 Å². The zero-order chi connectivity index (χ0) is 22.3. The minimum Gasteiger partial charge on any atom is -0.461 e. The molecule has 0 amide bonds. The molecule has 156 valence electrons. The molecule has 4 rings (SSSR count). The van der Waals surface area contributed by atoms with E-state index in [1.54, 1.807) is 6.07 Å². The van der Waals surface area contributed by atoms with Gasteiger partial charge in [0.1, 0.15) is 46.4 Å². The Balaban J connectivity index is 1.79. The summed E-state index contributed by atoms with van der Waals surface area (Å²) in [4.78, 5) is 4.63. The molecule has 2 aromatic heterocycles. The van der Waals surface area contributed by atoms with E-state index in [4.69, 9.17) is 4.42 Å². The van der Waals surface area contributed by atoms with Gasteiger partial charge in [0, 0.05) is 13.1 Å². The molecule has 0 atom stereocenters. The van der Waals surface area contributed by atoms with Crippen LogP contribution in [0.2, 0.25) is 0 Å². The highest BCUT2D eigenvalue weighted by Gasteiger charge is 2.23. The third-order valence-electron chi connectivity index (χ3n) is 5.01. The number of nitrogens with one attached hydrogen (secondary N) is 2. The van der Waals surface area contributed by atoms with E-state index in [0.29, 0.717) is 41.8 Å². The van der Waals surface area contributed by atoms with Gasteiger partial charge in [-0.05, 0) is 30.2 Å². The van der Waals surface area contributed by atoms with E-state index in [-0.39, 0.29) is 11.1 Å². The predicted molar refractivity (Wildman–Crippen MR) is 124 cm³/mol. The molecular formula is C26H21N5O. The number of hydrogen-bond donors (Lipinski definition) is 2. The van der Waals surface area contributed by atoms with Crippen molar-refractivity contribution in [2.75, 3.05) is 10.6 Å². The van der Waals surface area contributed by atoms with Gasteiger partial charge in [0.05, 0.1) is 5.56 Å². The Bertz CT molecular complexity index is 1220. The summed E-state index contributed by atoms with van der Waals surface area (Å²) in [5.41, 5.74) is 3.09. The summed E-state index contributed by atoms with van der Waals surface area (Å²) < 4.78 is 5.80. The van der Waals surface area contributed by atoms with Gasteiger partial charge < -0.3 is 15.1 Å². The highest BCUT2D eigenvalue weighted by atomic mass is 16.3. The first-order valence-electron chi connectivity index (χ1n) is 10.2. The third kappa shape index (κ3) is 4.45. The van der Waals surface area contributed by atoms with Crippen molar-refractivity contribution < 1.29 is 4.42 Å². The summed E-state index contributed by atoms with van der Waals surface area (Å²) in [6.07, 6.45) is 0. The molecule has 0 saturated heterocycles. The van der Waals surface area contributed by atoms with Gasteiger partial charge in [0.25, 0.3) is 0 Å². The number of nitrogens with zero attached hydrogens (tertiary/aromatic N) is 3. The van der Waals surface area contributed by atoms with Crippen LogP contribution in [0.4, 0.5) is 11.6 Å². The van der Waals surface area contributed by atoms with Crippen molar-refractivity contribution in [1.29, 1.82) is 10.5 Å². The monoisotopic (exact) mass is 419 g/mol. The molecule has 0 radical (unpaired) electrons. The molecule has 0 bridgehead atoms. The van der Waals surface area contributed by atoms with Crippen molar-refractivity contribution >= 4 is 11.6 Å². The minimum atomic E-state index is 0.275. The summed E-state index contributed by atoms with van der Waals surface area (Å²) in [6.45, 7) is 2.80. The van der Waals surface area contributed by atoms with Gasteiger partial charge in [-0.25, -0.2) is 4.98 Å². The Hall–Kier alpha value is -4.55. The van der Waals surface area contributed by atoms with Crippen molar-refractivity contribution in [2.24, 2.45) is 0 Å². The van der Waals surface area contributed by atoms with Gasteiger partial charge in [0.2, 0.25) is 0 Å². The smallest absolute Gasteiger partial charge is 0.147 e. The first-order valence-corrected chi connectivity index (χ1v) is 10.2. The topological polar surface area (TPSA) is 97.7 Å². The standard InChI is InChI=1S/C26H21N5O/c1-18-12-13-23(32-18)24-21(14-27)25(29-16-19-8-4-2-5-9-19)31-26(22(24)15-28)30-17-20-10-6-3-7-11-20/h2-13H,16-17H2,1H3,(H2,29,30,31). The number of rotatable bonds is 7. The largest absolute Gasteiger partial charge is 0.461 e. The van der Waals surface area contributed by atoms with Crippen LogP contribution in [-0.4, -0.2) is 4.98 Å². The number of anilines is 2. The second-order valence-electron chi connectivity index (χ2n) is 7.25. The lowest BCUT2D eigenvalue weighted by molar-refractivity contribution is 0.548. The zero-order valence-electron chi connectivity index (χ0n) is 17.6.